The van der Waals surface area contributed by atoms with E-state index < -0.39 is 6.43 Å². The summed E-state index contributed by atoms with van der Waals surface area (Å²) in [5.74, 6) is 1.35. The lowest BCUT2D eigenvalue weighted by Crippen LogP contribution is -2.33. The molecule has 39 heavy (non-hydrogen) atoms. The molecule has 1 amide bonds. The zero-order valence-electron chi connectivity index (χ0n) is 22.7. The Kier molecular flexibility index (Phi) is 7.89. The Morgan fingerprint density at radius 3 is 2.44 bits per heavy atom. The van der Waals surface area contributed by atoms with Gasteiger partial charge in [0.25, 0.3) is 12.0 Å². The molecule has 2 aromatic heterocycles. The van der Waals surface area contributed by atoms with E-state index in [9.17, 15) is 18.4 Å². The average Bonchev–Trinajstić information content (AvgIpc) is 2.89. The lowest BCUT2D eigenvalue weighted by Gasteiger charge is -2.22. The number of anilines is 3. The van der Waals surface area contributed by atoms with Crippen LogP contribution in [0, 0.1) is 13.8 Å². The molecule has 0 spiro atoms. The Bertz CT molecular complexity index is 1590. The number of halogens is 2. The summed E-state index contributed by atoms with van der Waals surface area (Å²) in [6, 6.07) is 13.2. The molecule has 0 saturated carbocycles. The van der Waals surface area contributed by atoms with E-state index in [-0.39, 0.29) is 29.6 Å². The van der Waals surface area contributed by atoms with Crippen LogP contribution >= 0.6 is 0 Å². The zero-order valence-corrected chi connectivity index (χ0v) is 22.7. The van der Waals surface area contributed by atoms with Gasteiger partial charge in [0.1, 0.15) is 18.2 Å². The van der Waals surface area contributed by atoms with Gasteiger partial charge in [0.05, 0.1) is 11.6 Å². The summed E-state index contributed by atoms with van der Waals surface area (Å²) in [7, 11) is 5.03. The molecule has 1 N–H and O–H groups in total. The number of amides is 1. The summed E-state index contributed by atoms with van der Waals surface area (Å²) in [5, 5.41) is 8.50. The highest BCUT2D eigenvalue weighted by Crippen LogP contribution is 2.32. The predicted molar refractivity (Wildman–Crippen MR) is 148 cm³/mol. The molecule has 0 saturated heterocycles. The summed E-state index contributed by atoms with van der Waals surface area (Å²) in [4.78, 5) is 36.8. The maximum absolute atomic E-state index is 13.5. The molecule has 11 heteroatoms. The van der Waals surface area contributed by atoms with Crippen LogP contribution in [0.5, 0.6) is 0 Å². The average molecular weight is 536 g/mol. The number of aromatic nitrogens is 4. The number of likely N-dealkylation sites (N-methyl/N-ethyl adjacent to an activating group) is 1. The second-order valence-corrected chi connectivity index (χ2v) is 9.58. The molecule has 4 aromatic rings. The van der Waals surface area contributed by atoms with Crippen LogP contribution in [0.1, 0.15) is 41.9 Å². The van der Waals surface area contributed by atoms with Gasteiger partial charge in [0, 0.05) is 43.8 Å². The van der Waals surface area contributed by atoms with Crippen molar-refractivity contribution in [3.8, 4) is 0 Å². The van der Waals surface area contributed by atoms with Crippen molar-refractivity contribution >= 4 is 34.1 Å². The molecule has 0 aliphatic rings. The first kappa shape index (κ1) is 27.6. The van der Waals surface area contributed by atoms with Crippen molar-refractivity contribution < 1.29 is 13.6 Å². The van der Waals surface area contributed by atoms with E-state index in [0.717, 1.165) is 21.3 Å². The highest BCUT2D eigenvalue weighted by atomic mass is 19.3. The minimum atomic E-state index is -2.55. The van der Waals surface area contributed by atoms with Crippen molar-refractivity contribution in [3.05, 3.63) is 81.4 Å². The molecule has 0 aliphatic carbocycles. The van der Waals surface area contributed by atoms with Crippen molar-refractivity contribution in [3.63, 3.8) is 0 Å². The molecule has 0 aliphatic heterocycles. The number of aryl methyl sites for hydroxylation is 1. The van der Waals surface area contributed by atoms with E-state index in [1.807, 2.05) is 31.2 Å². The molecule has 0 bridgehead atoms. The van der Waals surface area contributed by atoms with Crippen LogP contribution in [0.3, 0.4) is 0 Å². The molecule has 1 atom stereocenters. The Balaban J connectivity index is 1.70. The van der Waals surface area contributed by atoms with Gasteiger partial charge in [-0.15, -0.1) is 0 Å². The zero-order chi connectivity index (χ0) is 28.4. The van der Waals surface area contributed by atoms with E-state index in [4.69, 9.17) is 0 Å². The van der Waals surface area contributed by atoms with Crippen molar-refractivity contribution in [2.45, 2.75) is 39.8 Å². The minimum Gasteiger partial charge on any atom is -0.363 e. The van der Waals surface area contributed by atoms with Crippen molar-refractivity contribution in [1.82, 2.24) is 24.6 Å². The van der Waals surface area contributed by atoms with Gasteiger partial charge >= 0.3 is 0 Å². The van der Waals surface area contributed by atoms with Gasteiger partial charge < -0.3 is 15.1 Å². The number of carbonyl (C=O) groups is 1. The fourth-order valence-corrected chi connectivity index (χ4v) is 4.34. The molecule has 9 nitrogen and oxygen atoms in total. The Morgan fingerprint density at radius 2 is 1.74 bits per heavy atom. The normalized spacial score (nSPS) is 12.0. The van der Waals surface area contributed by atoms with Crippen molar-refractivity contribution in [2.75, 3.05) is 31.4 Å². The van der Waals surface area contributed by atoms with E-state index >= 15 is 0 Å². The maximum atomic E-state index is 13.5. The number of fused-ring (bicyclic) bond motifs is 1. The fraction of sp³-hybridized carbons (Fsp3) is 0.321. The summed E-state index contributed by atoms with van der Waals surface area (Å²) >= 11 is 0. The third-order valence-electron chi connectivity index (χ3n) is 6.63. The van der Waals surface area contributed by atoms with Gasteiger partial charge in [0.2, 0.25) is 5.91 Å². The second-order valence-electron chi connectivity index (χ2n) is 9.58. The number of hydrogen-bond donors (Lipinski definition) is 1. The van der Waals surface area contributed by atoms with Crippen LogP contribution in [0.25, 0.3) is 10.9 Å². The third-order valence-corrected chi connectivity index (χ3v) is 6.63. The molecule has 2 aromatic carbocycles. The van der Waals surface area contributed by atoms with Crippen LogP contribution in [0.4, 0.5) is 26.1 Å². The molecule has 204 valence electrons. The number of nitrogens with zero attached hydrogens (tertiary/aromatic N) is 6. The predicted octanol–water partition coefficient (Wildman–Crippen LogP) is 4.77. The first-order valence-corrected chi connectivity index (χ1v) is 12.4. The second kappa shape index (κ2) is 11.1. The first-order chi connectivity index (χ1) is 18.5. The monoisotopic (exact) mass is 535 g/mol. The van der Waals surface area contributed by atoms with Gasteiger partial charge in [-0.25, -0.2) is 23.4 Å². The largest absolute Gasteiger partial charge is 0.363 e. The van der Waals surface area contributed by atoms with Gasteiger partial charge in [0.15, 0.2) is 5.82 Å². The van der Waals surface area contributed by atoms with E-state index in [1.54, 1.807) is 52.0 Å². The number of carbonyl (C=O) groups excluding carboxylic acids is 1. The number of hydrogen-bond acceptors (Lipinski definition) is 7. The number of nitrogens with one attached hydrogen (secondary N) is 1. The lowest BCUT2D eigenvalue weighted by atomic mass is 9.97. The van der Waals surface area contributed by atoms with Crippen molar-refractivity contribution in [2.24, 2.45) is 0 Å². The first-order valence-electron chi connectivity index (χ1n) is 12.4. The fourth-order valence-electron chi connectivity index (χ4n) is 4.34. The summed E-state index contributed by atoms with van der Waals surface area (Å²) < 4.78 is 28.1. The van der Waals surface area contributed by atoms with E-state index in [1.165, 1.54) is 17.0 Å². The Morgan fingerprint density at radius 1 is 1.03 bits per heavy atom. The highest BCUT2D eigenvalue weighted by molar-refractivity contribution is 5.92. The summed E-state index contributed by atoms with van der Waals surface area (Å²) in [5.41, 5.74) is 2.38. The molecule has 0 unspecified atom stereocenters. The maximum Gasteiger partial charge on any atom is 0.267 e. The molecular weight excluding hydrogens is 504 g/mol. The SMILES string of the molecule is Cc1nc(N[C@H](C)c2cccc(C(F)F)c2C)c2cc(N(C)c3ccc(=O)n(CC(=O)N(C)C)n3)ccc2n1. The van der Waals surface area contributed by atoms with Gasteiger partial charge in [-0.05, 0) is 56.2 Å². The number of rotatable bonds is 8. The van der Waals surface area contributed by atoms with Crippen LogP contribution in [0.15, 0.2) is 53.3 Å². The lowest BCUT2D eigenvalue weighted by molar-refractivity contribution is -0.129. The summed E-state index contributed by atoms with van der Waals surface area (Å²) in [6.45, 7) is 5.22. The molecule has 0 radical (unpaired) electrons. The minimum absolute atomic E-state index is 0.00917. The van der Waals surface area contributed by atoms with E-state index in [0.29, 0.717) is 28.5 Å². The number of benzene rings is 2. The van der Waals surface area contributed by atoms with Gasteiger partial charge in [-0.2, -0.15) is 5.10 Å². The summed E-state index contributed by atoms with van der Waals surface area (Å²) in [6.07, 6.45) is -2.55. The van der Waals surface area contributed by atoms with Crippen molar-refractivity contribution in [1.29, 1.82) is 0 Å². The van der Waals surface area contributed by atoms with Gasteiger partial charge in [-0.1, -0.05) is 18.2 Å². The third kappa shape index (κ3) is 5.87. The Labute approximate surface area is 225 Å². The standard InChI is InChI=1S/C28H31F2N7O2/c1-16-20(8-7-9-21(16)27(29)30)17(2)31-28-22-14-19(10-11-23(22)32-18(3)33-28)36(6)24-12-13-25(38)37(34-24)15-26(39)35(4)5/h7-14,17,27H,15H2,1-6H3,(H,31,32,33)/t17-/m1/s1. The molecular formula is C28H31F2N7O2. The molecule has 0 fully saturated rings. The molecule has 4 rings (SSSR count). The van der Waals surface area contributed by atoms with Crippen LogP contribution in [-0.4, -0.2) is 51.7 Å². The quantitative estimate of drug-likeness (QED) is 0.347. The van der Waals surface area contributed by atoms with E-state index in [2.05, 4.69) is 20.4 Å². The van der Waals surface area contributed by atoms with Gasteiger partial charge in [-0.3, -0.25) is 9.59 Å². The van der Waals surface area contributed by atoms with Crippen LogP contribution < -0.4 is 15.8 Å². The van der Waals surface area contributed by atoms with Crippen LogP contribution in [0.2, 0.25) is 0 Å². The topological polar surface area (TPSA) is 96.2 Å². The molecule has 2 heterocycles. The smallest absolute Gasteiger partial charge is 0.267 e. The Hall–Kier alpha value is -4.41. The van der Waals surface area contributed by atoms with Crippen LogP contribution in [-0.2, 0) is 11.3 Å². The highest BCUT2D eigenvalue weighted by Gasteiger charge is 2.19. The number of alkyl halides is 2.